The number of hydrogen-bond acceptors (Lipinski definition) is 7. The highest BCUT2D eigenvalue weighted by Gasteiger charge is 2.42. The molecule has 32 heavy (non-hydrogen) atoms. The molecule has 1 saturated heterocycles. The van der Waals surface area contributed by atoms with E-state index in [2.05, 4.69) is 31.9 Å². The van der Waals surface area contributed by atoms with Gasteiger partial charge in [0.2, 0.25) is 5.60 Å². The highest BCUT2D eigenvalue weighted by Crippen LogP contribution is 2.28. The lowest BCUT2D eigenvalue weighted by Crippen LogP contribution is -2.37. The summed E-state index contributed by atoms with van der Waals surface area (Å²) in [5.41, 5.74) is 8.30. The van der Waals surface area contributed by atoms with E-state index in [1.54, 1.807) is 17.9 Å². The van der Waals surface area contributed by atoms with Gasteiger partial charge in [-0.25, -0.2) is 19.6 Å². The van der Waals surface area contributed by atoms with Crippen LogP contribution in [0.3, 0.4) is 0 Å². The van der Waals surface area contributed by atoms with Crippen LogP contribution < -0.4 is 5.73 Å². The molecule has 0 spiro atoms. The molecule has 3 aromatic heterocycles. The van der Waals surface area contributed by atoms with Crippen LogP contribution in [0.15, 0.2) is 55.1 Å². The summed E-state index contributed by atoms with van der Waals surface area (Å²) in [6.07, 6.45) is 5.18. The highest BCUT2D eigenvalue weighted by molar-refractivity contribution is 5.92. The normalized spacial score (nSPS) is 18.1. The Morgan fingerprint density at radius 1 is 1.19 bits per heavy atom. The molecule has 1 aliphatic heterocycles. The van der Waals surface area contributed by atoms with Crippen molar-refractivity contribution in [1.29, 1.82) is 0 Å². The summed E-state index contributed by atoms with van der Waals surface area (Å²) >= 11 is 0. The molecule has 0 saturated carbocycles. The molecular weight excluding hydrogens is 406 g/mol. The fraction of sp³-hybridized carbons (Fsp3) is 0.174. The van der Waals surface area contributed by atoms with Crippen LogP contribution in [-0.4, -0.2) is 59.8 Å². The van der Waals surface area contributed by atoms with Crippen molar-refractivity contribution in [2.45, 2.75) is 12.0 Å². The molecule has 5 rings (SSSR count). The molecular formula is C23H19N7O2. The van der Waals surface area contributed by atoms with Crippen molar-refractivity contribution in [2.75, 3.05) is 19.3 Å². The van der Waals surface area contributed by atoms with Crippen LogP contribution in [0.25, 0.3) is 28.0 Å². The number of amides is 1. The molecule has 1 aliphatic rings. The van der Waals surface area contributed by atoms with Crippen molar-refractivity contribution in [3.05, 3.63) is 60.7 Å². The molecule has 4 aromatic rings. The van der Waals surface area contributed by atoms with E-state index in [9.17, 15) is 9.90 Å². The molecule has 3 N–H and O–H groups in total. The topological polar surface area (TPSA) is 123 Å². The minimum atomic E-state index is -1.65. The lowest BCUT2D eigenvalue weighted by Gasteiger charge is -2.13. The predicted molar refractivity (Wildman–Crippen MR) is 118 cm³/mol. The zero-order chi connectivity index (χ0) is 22.3. The van der Waals surface area contributed by atoms with E-state index >= 15 is 0 Å². The number of aromatic nitrogens is 5. The number of nitrogens with zero attached hydrogens (tertiary/aromatic N) is 6. The van der Waals surface area contributed by atoms with E-state index in [0.717, 1.165) is 11.3 Å². The summed E-state index contributed by atoms with van der Waals surface area (Å²) in [5, 5.41) is 14.9. The van der Waals surface area contributed by atoms with Crippen molar-refractivity contribution in [3.63, 3.8) is 0 Å². The van der Waals surface area contributed by atoms with Gasteiger partial charge >= 0.3 is 0 Å². The van der Waals surface area contributed by atoms with Gasteiger partial charge in [0.15, 0.2) is 5.82 Å². The van der Waals surface area contributed by atoms with Crippen molar-refractivity contribution in [3.8, 4) is 28.8 Å². The summed E-state index contributed by atoms with van der Waals surface area (Å²) in [6.45, 7) is 0.477. The van der Waals surface area contributed by atoms with Crippen molar-refractivity contribution < 1.29 is 9.90 Å². The number of nitrogen functional groups attached to an aromatic ring is 1. The number of carbonyl (C=O) groups excluding carboxylic acids is 1. The highest BCUT2D eigenvalue weighted by atomic mass is 16.3. The van der Waals surface area contributed by atoms with Gasteiger partial charge in [0.05, 0.1) is 11.4 Å². The average molecular weight is 425 g/mol. The quantitative estimate of drug-likeness (QED) is 0.466. The minimum absolute atomic E-state index is 0.271. The maximum Gasteiger partial charge on any atom is 0.267 e. The summed E-state index contributed by atoms with van der Waals surface area (Å²) in [6, 6.07) is 11.1. The zero-order valence-electron chi connectivity index (χ0n) is 17.2. The second-order valence-corrected chi connectivity index (χ2v) is 7.60. The minimum Gasteiger partial charge on any atom is -0.382 e. The number of aliphatic hydroxyl groups is 1. The van der Waals surface area contributed by atoms with Gasteiger partial charge in [-0.3, -0.25) is 4.79 Å². The first-order valence-corrected chi connectivity index (χ1v) is 9.97. The molecule has 1 aromatic carbocycles. The predicted octanol–water partition coefficient (Wildman–Crippen LogP) is 1.40. The maximum absolute atomic E-state index is 12.2. The molecule has 158 valence electrons. The SMILES string of the molecule is CN1CC[C@@](O)(C#Cc2cccc(-c3cc(-n4cccn4)c4ncnc(N)c4n3)c2)C1=O. The molecule has 0 aliphatic carbocycles. The molecule has 4 heterocycles. The zero-order valence-corrected chi connectivity index (χ0v) is 17.2. The summed E-state index contributed by atoms with van der Waals surface area (Å²) in [4.78, 5) is 26.7. The van der Waals surface area contributed by atoms with Crippen LogP contribution in [0, 0.1) is 11.8 Å². The second kappa shape index (κ2) is 7.44. The molecule has 9 nitrogen and oxygen atoms in total. The molecule has 0 radical (unpaired) electrons. The molecule has 1 amide bonds. The largest absolute Gasteiger partial charge is 0.382 e. The first-order valence-electron chi connectivity index (χ1n) is 9.97. The van der Waals surface area contributed by atoms with E-state index in [4.69, 9.17) is 5.73 Å². The van der Waals surface area contributed by atoms with Gasteiger partial charge in [0.1, 0.15) is 17.4 Å². The molecule has 1 fully saturated rings. The maximum atomic E-state index is 12.2. The number of likely N-dealkylation sites (tertiary alicyclic amines) is 1. The van der Waals surface area contributed by atoms with E-state index < -0.39 is 5.60 Å². The van der Waals surface area contributed by atoms with Crippen LogP contribution >= 0.6 is 0 Å². The average Bonchev–Trinajstić information content (AvgIpc) is 3.43. The van der Waals surface area contributed by atoms with E-state index in [1.807, 2.05) is 42.6 Å². The van der Waals surface area contributed by atoms with Gasteiger partial charge in [-0.1, -0.05) is 24.0 Å². The van der Waals surface area contributed by atoms with Crippen molar-refractivity contribution >= 4 is 22.8 Å². The number of pyridine rings is 1. The number of hydrogen-bond donors (Lipinski definition) is 2. The fourth-order valence-corrected chi connectivity index (χ4v) is 3.68. The standard InChI is InChI=1S/C23H19N7O2/c1-29-11-8-23(32,22(29)31)7-6-15-4-2-5-16(12-15)17-13-18(30-10-3-9-27-30)19-20(28-17)21(24)26-14-25-19/h2-5,9-10,12-14,32H,8,11H2,1H3,(H2,24,25,26)/t23-/m0/s1. The summed E-state index contributed by atoms with van der Waals surface area (Å²) in [5.74, 6) is 5.57. The molecule has 1 atom stereocenters. The third kappa shape index (κ3) is 3.33. The Morgan fingerprint density at radius 3 is 2.81 bits per heavy atom. The number of carbonyl (C=O) groups is 1. The van der Waals surface area contributed by atoms with Crippen LogP contribution in [0.2, 0.25) is 0 Å². The Kier molecular flexibility index (Phi) is 4.57. The second-order valence-electron chi connectivity index (χ2n) is 7.60. The number of fused-ring (bicyclic) bond motifs is 1. The first kappa shape index (κ1) is 19.7. The van der Waals surface area contributed by atoms with Gasteiger partial charge in [0, 0.05) is 43.5 Å². The van der Waals surface area contributed by atoms with Crippen LogP contribution in [0.1, 0.15) is 12.0 Å². The number of anilines is 1. The Hall–Kier alpha value is -4.29. The molecule has 0 bridgehead atoms. The molecule has 0 unspecified atom stereocenters. The summed E-state index contributed by atoms with van der Waals surface area (Å²) < 4.78 is 1.70. The fourth-order valence-electron chi connectivity index (χ4n) is 3.68. The van der Waals surface area contributed by atoms with Gasteiger partial charge in [-0.15, -0.1) is 0 Å². The number of rotatable bonds is 2. The lowest BCUT2D eigenvalue weighted by atomic mass is 10.0. The van der Waals surface area contributed by atoms with Crippen LogP contribution in [0.4, 0.5) is 5.82 Å². The van der Waals surface area contributed by atoms with Crippen LogP contribution in [-0.2, 0) is 4.79 Å². The third-order valence-electron chi connectivity index (χ3n) is 5.43. The van der Waals surface area contributed by atoms with E-state index in [1.165, 1.54) is 11.2 Å². The Bertz CT molecular complexity index is 1410. The molecule has 9 heteroatoms. The van der Waals surface area contributed by atoms with Crippen molar-refractivity contribution in [1.82, 2.24) is 29.6 Å². The Morgan fingerprint density at radius 2 is 2.06 bits per heavy atom. The number of benzene rings is 1. The number of likely N-dealkylation sites (N-methyl/N-ethyl adjacent to an activating group) is 1. The smallest absolute Gasteiger partial charge is 0.267 e. The Balaban J connectivity index is 1.60. The van der Waals surface area contributed by atoms with E-state index in [-0.39, 0.29) is 18.1 Å². The third-order valence-corrected chi connectivity index (χ3v) is 5.43. The van der Waals surface area contributed by atoms with Gasteiger partial charge in [0.25, 0.3) is 5.91 Å². The van der Waals surface area contributed by atoms with Gasteiger partial charge < -0.3 is 15.7 Å². The van der Waals surface area contributed by atoms with Gasteiger partial charge in [-0.05, 0) is 24.3 Å². The van der Waals surface area contributed by atoms with Gasteiger partial charge in [-0.2, -0.15) is 5.10 Å². The summed E-state index contributed by atoms with van der Waals surface area (Å²) in [7, 11) is 1.65. The lowest BCUT2D eigenvalue weighted by molar-refractivity contribution is -0.137. The number of nitrogens with two attached hydrogens (primary N) is 1. The Labute approximate surface area is 183 Å². The first-order chi connectivity index (χ1) is 15.4. The van der Waals surface area contributed by atoms with E-state index in [0.29, 0.717) is 28.8 Å². The van der Waals surface area contributed by atoms with Crippen LogP contribution in [0.5, 0.6) is 0 Å². The van der Waals surface area contributed by atoms with Crippen molar-refractivity contribution in [2.24, 2.45) is 0 Å². The monoisotopic (exact) mass is 425 g/mol.